The molecule has 0 saturated carbocycles. The van der Waals surface area contributed by atoms with Crippen LogP contribution in [0.2, 0.25) is 0 Å². The van der Waals surface area contributed by atoms with Crippen LogP contribution in [0.15, 0.2) is 30.3 Å². The molecular weight excluding hydrogens is 308 g/mol. The maximum Gasteiger partial charge on any atom is 0.314 e. The van der Waals surface area contributed by atoms with Crippen molar-refractivity contribution < 1.29 is 19.4 Å². The maximum atomic E-state index is 12.7. The number of carbonyl (C=O) groups excluding carboxylic acids is 2. The summed E-state index contributed by atoms with van der Waals surface area (Å²) in [6.07, 6.45) is -0.0658. The summed E-state index contributed by atoms with van der Waals surface area (Å²) in [5.74, 6) is -1.68. The van der Waals surface area contributed by atoms with Crippen molar-refractivity contribution in [3.05, 3.63) is 35.9 Å². The number of ether oxygens (including phenoxy) is 1. The van der Waals surface area contributed by atoms with E-state index in [1.54, 1.807) is 11.8 Å². The SMILES string of the molecule is CCOC(=O)[C@H]1[C@@H](O)C(=O)N(Cc2ccccc2)C12CCNCC2. The number of aliphatic hydroxyl groups excluding tert-OH is 1. The molecule has 1 aromatic rings. The van der Waals surface area contributed by atoms with Gasteiger partial charge in [0.25, 0.3) is 5.91 Å². The van der Waals surface area contributed by atoms with Crippen LogP contribution in [-0.4, -0.2) is 53.2 Å². The average molecular weight is 332 g/mol. The number of hydrogen-bond donors (Lipinski definition) is 2. The third kappa shape index (κ3) is 2.80. The summed E-state index contributed by atoms with van der Waals surface area (Å²) >= 11 is 0. The number of amides is 1. The van der Waals surface area contributed by atoms with Crippen LogP contribution in [-0.2, 0) is 20.9 Å². The predicted octanol–water partition coefficient (Wildman–Crippen LogP) is 0.691. The molecule has 0 aromatic heterocycles. The van der Waals surface area contributed by atoms with Gasteiger partial charge in [-0.25, -0.2) is 0 Å². The van der Waals surface area contributed by atoms with E-state index in [1.165, 1.54) is 0 Å². The van der Waals surface area contributed by atoms with Crippen molar-refractivity contribution in [3.8, 4) is 0 Å². The minimum Gasteiger partial charge on any atom is -0.466 e. The van der Waals surface area contributed by atoms with Gasteiger partial charge in [0, 0.05) is 6.54 Å². The van der Waals surface area contributed by atoms with Gasteiger partial charge in [0.05, 0.1) is 12.1 Å². The normalized spacial score (nSPS) is 25.9. The second-order valence-corrected chi connectivity index (χ2v) is 6.44. The lowest BCUT2D eigenvalue weighted by Gasteiger charge is -2.44. The van der Waals surface area contributed by atoms with Gasteiger partial charge in [0.15, 0.2) is 0 Å². The Morgan fingerprint density at radius 1 is 1.33 bits per heavy atom. The van der Waals surface area contributed by atoms with Gasteiger partial charge >= 0.3 is 5.97 Å². The Bertz CT molecular complexity index is 598. The number of esters is 1. The van der Waals surface area contributed by atoms with Crippen LogP contribution in [0.5, 0.6) is 0 Å². The lowest BCUT2D eigenvalue weighted by atomic mass is 9.76. The molecule has 0 bridgehead atoms. The first-order valence-corrected chi connectivity index (χ1v) is 8.51. The van der Waals surface area contributed by atoms with E-state index in [0.29, 0.717) is 32.5 Å². The number of likely N-dealkylation sites (tertiary alicyclic amines) is 1. The molecule has 24 heavy (non-hydrogen) atoms. The molecule has 2 aliphatic heterocycles. The molecule has 2 atom stereocenters. The molecule has 2 N–H and O–H groups in total. The van der Waals surface area contributed by atoms with Gasteiger partial charge in [-0.1, -0.05) is 30.3 Å². The molecule has 3 rings (SSSR count). The molecule has 1 aromatic carbocycles. The van der Waals surface area contributed by atoms with E-state index in [2.05, 4.69) is 5.32 Å². The van der Waals surface area contributed by atoms with E-state index < -0.39 is 23.5 Å². The molecule has 2 aliphatic rings. The van der Waals surface area contributed by atoms with Gasteiger partial charge in [-0.3, -0.25) is 9.59 Å². The molecule has 1 amide bonds. The number of rotatable bonds is 4. The molecule has 1 spiro atoms. The van der Waals surface area contributed by atoms with Crippen LogP contribution in [0.3, 0.4) is 0 Å². The number of carbonyl (C=O) groups is 2. The van der Waals surface area contributed by atoms with E-state index in [9.17, 15) is 14.7 Å². The van der Waals surface area contributed by atoms with Crippen LogP contribution in [0.4, 0.5) is 0 Å². The Labute approximate surface area is 141 Å². The van der Waals surface area contributed by atoms with E-state index in [0.717, 1.165) is 5.56 Å². The van der Waals surface area contributed by atoms with Crippen molar-refractivity contribution >= 4 is 11.9 Å². The zero-order chi connectivity index (χ0) is 17.2. The standard InChI is InChI=1S/C18H24N2O4/c1-2-24-17(23)14-15(21)16(22)20(12-13-6-4-3-5-7-13)18(14)8-10-19-11-9-18/h3-7,14-15,19,21H,2,8-12H2,1H3/t14-,15-/m1/s1. The zero-order valence-corrected chi connectivity index (χ0v) is 13.9. The van der Waals surface area contributed by atoms with Crippen molar-refractivity contribution in [1.29, 1.82) is 0 Å². The van der Waals surface area contributed by atoms with E-state index in [-0.39, 0.29) is 12.5 Å². The fraction of sp³-hybridized carbons (Fsp3) is 0.556. The highest BCUT2D eigenvalue weighted by molar-refractivity contribution is 5.93. The summed E-state index contributed by atoms with van der Waals surface area (Å²) in [6, 6.07) is 9.67. The van der Waals surface area contributed by atoms with Crippen molar-refractivity contribution in [2.75, 3.05) is 19.7 Å². The van der Waals surface area contributed by atoms with Crippen molar-refractivity contribution in [2.45, 2.75) is 38.0 Å². The lowest BCUT2D eigenvalue weighted by molar-refractivity contribution is -0.155. The fourth-order valence-corrected chi connectivity index (χ4v) is 4.01. The van der Waals surface area contributed by atoms with Crippen LogP contribution in [0.1, 0.15) is 25.3 Å². The van der Waals surface area contributed by atoms with Crippen molar-refractivity contribution in [3.63, 3.8) is 0 Å². The third-order valence-corrected chi connectivity index (χ3v) is 5.14. The first-order valence-electron chi connectivity index (χ1n) is 8.51. The molecule has 0 radical (unpaired) electrons. The predicted molar refractivity (Wildman–Crippen MR) is 88.0 cm³/mol. The largest absolute Gasteiger partial charge is 0.466 e. The summed E-state index contributed by atoms with van der Waals surface area (Å²) in [7, 11) is 0. The number of aliphatic hydroxyl groups is 1. The summed E-state index contributed by atoms with van der Waals surface area (Å²) in [5, 5.41) is 13.8. The van der Waals surface area contributed by atoms with Gasteiger partial charge < -0.3 is 20.1 Å². The molecule has 2 fully saturated rings. The first kappa shape index (κ1) is 16.9. The molecule has 6 nitrogen and oxygen atoms in total. The average Bonchev–Trinajstić information content (AvgIpc) is 2.78. The quantitative estimate of drug-likeness (QED) is 0.793. The van der Waals surface area contributed by atoms with Crippen LogP contribution in [0, 0.1) is 5.92 Å². The summed E-state index contributed by atoms with van der Waals surface area (Å²) in [4.78, 5) is 26.9. The highest BCUT2D eigenvalue weighted by atomic mass is 16.5. The summed E-state index contributed by atoms with van der Waals surface area (Å²) in [5.41, 5.74) is 0.310. The molecule has 6 heteroatoms. The first-order chi connectivity index (χ1) is 11.6. The lowest BCUT2D eigenvalue weighted by Crippen LogP contribution is -2.56. The Morgan fingerprint density at radius 2 is 2.00 bits per heavy atom. The van der Waals surface area contributed by atoms with Gasteiger partial charge in [-0.05, 0) is 38.4 Å². The Hall–Kier alpha value is -1.92. The van der Waals surface area contributed by atoms with Gasteiger partial charge in [0.1, 0.15) is 12.0 Å². The minimum atomic E-state index is -1.33. The van der Waals surface area contributed by atoms with Crippen molar-refractivity contribution in [1.82, 2.24) is 10.2 Å². The van der Waals surface area contributed by atoms with Gasteiger partial charge in [-0.2, -0.15) is 0 Å². The Balaban J connectivity index is 1.96. The van der Waals surface area contributed by atoms with Crippen LogP contribution in [0.25, 0.3) is 0 Å². The van der Waals surface area contributed by atoms with Crippen molar-refractivity contribution in [2.24, 2.45) is 5.92 Å². The molecule has 0 unspecified atom stereocenters. The fourth-order valence-electron chi connectivity index (χ4n) is 4.01. The molecular formula is C18H24N2O4. The second-order valence-electron chi connectivity index (χ2n) is 6.44. The van der Waals surface area contributed by atoms with Crippen LogP contribution >= 0.6 is 0 Å². The number of benzene rings is 1. The number of hydrogen-bond acceptors (Lipinski definition) is 5. The number of nitrogens with one attached hydrogen (secondary N) is 1. The topological polar surface area (TPSA) is 78.9 Å². The zero-order valence-electron chi connectivity index (χ0n) is 13.9. The van der Waals surface area contributed by atoms with Crippen LogP contribution < -0.4 is 5.32 Å². The minimum absolute atomic E-state index is 0.239. The molecule has 0 aliphatic carbocycles. The molecule has 130 valence electrons. The van der Waals surface area contributed by atoms with E-state index in [4.69, 9.17) is 4.74 Å². The highest BCUT2D eigenvalue weighted by Crippen LogP contribution is 2.44. The Kier molecular flexibility index (Phi) is 4.87. The monoisotopic (exact) mass is 332 g/mol. The smallest absolute Gasteiger partial charge is 0.314 e. The van der Waals surface area contributed by atoms with E-state index >= 15 is 0 Å². The number of nitrogens with zero attached hydrogens (tertiary/aromatic N) is 1. The highest BCUT2D eigenvalue weighted by Gasteiger charge is 2.61. The van der Waals surface area contributed by atoms with Gasteiger partial charge in [-0.15, -0.1) is 0 Å². The third-order valence-electron chi connectivity index (χ3n) is 5.14. The van der Waals surface area contributed by atoms with Gasteiger partial charge in [0.2, 0.25) is 0 Å². The second kappa shape index (κ2) is 6.91. The molecule has 2 heterocycles. The Morgan fingerprint density at radius 3 is 2.62 bits per heavy atom. The number of piperidine rings is 1. The summed E-state index contributed by atoms with van der Waals surface area (Å²) in [6.45, 7) is 3.79. The summed E-state index contributed by atoms with van der Waals surface area (Å²) < 4.78 is 5.17. The van der Waals surface area contributed by atoms with E-state index in [1.807, 2.05) is 30.3 Å². The maximum absolute atomic E-state index is 12.7. The molecule has 2 saturated heterocycles.